The summed E-state index contributed by atoms with van der Waals surface area (Å²) in [5, 5.41) is 19.6. The van der Waals surface area contributed by atoms with E-state index in [2.05, 4.69) is 0 Å². The third-order valence-corrected chi connectivity index (χ3v) is 2.73. The highest BCUT2D eigenvalue weighted by atomic mass is 16.5. The third-order valence-electron chi connectivity index (χ3n) is 2.73. The highest BCUT2D eigenvalue weighted by Crippen LogP contribution is 2.51. The molecule has 0 saturated heterocycles. The van der Waals surface area contributed by atoms with Crippen LogP contribution in [0, 0.1) is 0 Å². The van der Waals surface area contributed by atoms with Gasteiger partial charge in [-0.05, 0) is 18.9 Å². The van der Waals surface area contributed by atoms with Crippen molar-refractivity contribution in [1.29, 1.82) is 0 Å². The van der Waals surface area contributed by atoms with Gasteiger partial charge in [-0.25, -0.2) is 0 Å². The van der Waals surface area contributed by atoms with E-state index in [1.165, 1.54) is 20.3 Å². The van der Waals surface area contributed by atoms with Gasteiger partial charge in [-0.1, -0.05) is 0 Å². The van der Waals surface area contributed by atoms with E-state index in [0.717, 1.165) is 0 Å². The van der Waals surface area contributed by atoms with E-state index in [1.54, 1.807) is 6.07 Å². The maximum Gasteiger partial charge on any atom is 0.164 e. The summed E-state index contributed by atoms with van der Waals surface area (Å²) in [6.07, 6.45) is 1.41. The second kappa shape index (κ2) is 3.31. The topological polar surface area (TPSA) is 58.9 Å². The van der Waals surface area contributed by atoms with Crippen LogP contribution < -0.4 is 9.47 Å². The summed E-state index contributed by atoms with van der Waals surface area (Å²) in [6.45, 7) is 0. The smallest absolute Gasteiger partial charge is 0.164 e. The normalized spacial score (nSPS) is 17.3. The van der Waals surface area contributed by atoms with Gasteiger partial charge in [0.2, 0.25) is 0 Å². The molecule has 4 heteroatoms. The van der Waals surface area contributed by atoms with Gasteiger partial charge >= 0.3 is 0 Å². The monoisotopic (exact) mass is 210 g/mol. The number of methoxy groups -OCH3 is 2. The molecule has 0 unspecified atom stereocenters. The first-order valence-corrected chi connectivity index (χ1v) is 4.78. The van der Waals surface area contributed by atoms with Gasteiger partial charge in [0.05, 0.1) is 19.8 Å². The molecule has 1 aliphatic rings. The molecule has 0 aliphatic heterocycles. The molecule has 0 radical (unpaired) electrons. The highest BCUT2D eigenvalue weighted by molar-refractivity contribution is 5.53. The van der Waals surface area contributed by atoms with Crippen LogP contribution in [0.25, 0.3) is 0 Å². The zero-order valence-corrected chi connectivity index (χ0v) is 8.78. The van der Waals surface area contributed by atoms with Gasteiger partial charge in [-0.3, -0.25) is 0 Å². The maximum absolute atomic E-state index is 9.97. The van der Waals surface area contributed by atoms with Crippen LogP contribution in [0.2, 0.25) is 0 Å². The Hall–Kier alpha value is -1.42. The van der Waals surface area contributed by atoms with Crippen LogP contribution in [0.1, 0.15) is 18.4 Å². The molecule has 2 rings (SSSR count). The second-order valence-corrected chi connectivity index (χ2v) is 3.76. The fourth-order valence-electron chi connectivity index (χ4n) is 1.63. The van der Waals surface area contributed by atoms with E-state index in [1.807, 2.05) is 0 Å². The molecular weight excluding hydrogens is 196 g/mol. The standard InChI is InChI=1S/C11H14O4/c1-14-9-6-10(15-2)8(12)5-7(9)11(13)3-4-11/h5-6,12-13H,3-4H2,1-2H3. The van der Waals surface area contributed by atoms with E-state index in [-0.39, 0.29) is 5.75 Å². The van der Waals surface area contributed by atoms with E-state index in [4.69, 9.17) is 9.47 Å². The average molecular weight is 210 g/mol. The molecular formula is C11H14O4. The minimum Gasteiger partial charge on any atom is -0.504 e. The van der Waals surface area contributed by atoms with Crippen LogP contribution >= 0.6 is 0 Å². The third kappa shape index (κ3) is 1.61. The van der Waals surface area contributed by atoms with Gasteiger partial charge < -0.3 is 19.7 Å². The number of hydrogen-bond donors (Lipinski definition) is 2. The van der Waals surface area contributed by atoms with Crippen LogP contribution in [0.15, 0.2) is 12.1 Å². The summed E-state index contributed by atoms with van der Waals surface area (Å²) in [5.41, 5.74) is -0.196. The molecule has 0 amide bonds. The van der Waals surface area contributed by atoms with Crippen molar-refractivity contribution in [2.75, 3.05) is 14.2 Å². The Labute approximate surface area is 88.1 Å². The van der Waals surface area contributed by atoms with Crippen molar-refractivity contribution in [3.63, 3.8) is 0 Å². The summed E-state index contributed by atoms with van der Waals surface area (Å²) in [7, 11) is 3.00. The van der Waals surface area contributed by atoms with Gasteiger partial charge in [-0.2, -0.15) is 0 Å². The summed E-state index contributed by atoms with van der Waals surface area (Å²) >= 11 is 0. The molecule has 15 heavy (non-hydrogen) atoms. The SMILES string of the molecule is COc1cc(OC)c(C2(O)CC2)cc1O. The van der Waals surface area contributed by atoms with Crippen molar-refractivity contribution in [3.05, 3.63) is 17.7 Å². The Morgan fingerprint density at radius 2 is 1.73 bits per heavy atom. The molecule has 0 spiro atoms. The fraction of sp³-hybridized carbons (Fsp3) is 0.455. The van der Waals surface area contributed by atoms with Gasteiger partial charge in [0.15, 0.2) is 11.5 Å². The number of benzene rings is 1. The summed E-state index contributed by atoms with van der Waals surface area (Å²) in [4.78, 5) is 0. The molecule has 2 N–H and O–H groups in total. The lowest BCUT2D eigenvalue weighted by Crippen LogP contribution is -2.06. The van der Waals surface area contributed by atoms with Crippen molar-refractivity contribution in [2.24, 2.45) is 0 Å². The summed E-state index contributed by atoms with van der Waals surface area (Å²) < 4.78 is 10.1. The average Bonchev–Trinajstić information content (AvgIpc) is 2.97. The van der Waals surface area contributed by atoms with Gasteiger partial charge in [0.25, 0.3) is 0 Å². The van der Waals surface area contributed by atoms with Crippen molar-refractivity contribution in [3.8, 4) is 17.2 Å². The van der Waals surface area contributed by atoms with E-state index in [9.17, 15) is 10.2 Å². The van der Waals surface area contributed by atoms with Crippen molar-refractivity contribution in [2.45, 2.75) is 18.4 Å². The second-order valence-electron chi connectivity index (χ2n) is 3.76. The lowest BCUT2D eigenvalue weighted by molar-refractivity contribution is 0.147. The lowest BCUT2D eigenvalue weighted by atomic mass is 10.1. The minimum atomic E-state index is -0.824. The largest absolute Gasteiger partial charge is 0.504 e. The highest BCUT2D eigenvalue weighted by Gasteiger charge is 2.44. The summed E-state index contributed by atoms with van der Waals surface area (Å²) in [5.74, 6) is 0.915. The Balaban J connectivity index is 2.50. The number of phenolic OH excluding ortho intramolecular Hbond substituents is 1. The van der Waals surface area contributed by atoms with Crippen LogP contribution in [0.4, 0.5) is 0 Å². The quantitative estimate of drug-likeness (QED) is 0.791. The van der Waals surface area contributed by atoms with Crippen LogP contribution in [-0.2, 0) is 5.60 Å². The predicted octanol–water partition coefficient (Wildman–Crippen LogP) is 1.39. The van der Waals surface area contributed by atoms with E-state index in [0.29, 0.717) is 29.9 Å². The Morgan fingerprint density at radius 1 is 1.13 bits per heavy atom. The molecule has 1 aromatic carbocycles. The summed E-state index contributed by atoms with van der Waals surface area (Å²) in [6, 6.07) is 3.09. The zero-order valence-electron chi connectivity index (χ0n) is 8.78. The molecule has 4 nitrogen and oxygen atoms in total. The lowest BCUT2D eigenvalue weighted by Gasteiger charge is -2.15. The van der Waals surface area contributed by atoms with Gasteiger partial charge in [0.1, 0.15) is 5.75 Å². The van der Waals surface area contributed by atoms with E-state index < -0.39 is 5.60 Å². The van der Waals surface area contributed by atoms with Gasteiger partial charge in [0, 0.05) is 11.6 Å². The first-order valence-electron chi connectivity index (χ1n) is 4.78. The molecule has 0 heterocycles. The Morgan fingerprint density at radius 3 is 2.20 bits per heavy atom. The predicted molar refractivity (Wildman–Crippen MR) is 54.3 cm³/mol. The first-order chi connectivity index (χ1) is 7.10. The zero-order chi connectivity index (χ0) is 11.1. The first kappa shape index (κ1) is 10.1. The number of aliphatic hydroxyl groups is 1. The molecule has 0 atom stereocenters. The van der Waals surface area contributed by atoms with Crippen molar-refractivity contribution < 1.29 is 19.7 Å². The number of aromatic hydroxyl groups is 1. The Bertz CT molecular complexity index is 382. The number of hydrogen-bond acceptors (Lipinski definition) is 4. The van der Waals surface area contributed by atoms with Crippen molar-refractivity contribution >= 4 is 0 Å². The van der Waals surface area contributed by atoms with Crippen LogP contribution in [0.5, 0.6) is 17.2 Å². The minimum absolute atomic E-state index is 0.0219. The molecule has 0 aromatic heterocycles. The van der Waals surface area contributed by atoms with Gasteiger partial charge in [-0.15, -0.1) is 0 Å². The molecule has 1 aliphatic carbocycles. The maximum atomic E-state index is 9.97. The number of phenols is 1. The number of rotatable bonds is 3. The molecule has 1 saturated carbocycles. The van der Waals surface area contributed by atoms with Crippen LogP contribution in [0.3, 0.4) is 0 Å². The molecule has 1 aromatic rings. The van der Waals surface area contributed by atoms with Crippen molar-refractivity contribution in [1.82, 2.24) is 0 Å². The molecule has 1 fully saturated rings. The fourth-order valence-corrected chi connectivity index (χ4v) is 1.63. The molecule has 0 bridgehead atoms. The van der Waals surface area contributed by atoms with Crippen LogP contribution in [-0.4, -0.2) is 24.4 Å². The Kier molecular flexibility index (Phi) is 2.23. The van der Waals surface area contributed by atoms with E-state index >= 15 is 0 Å². The molecule has 82 valence electrons. The number of ether oxygens (including phenoxy) is 2.